The second kappa shape index (κ2) is 6.48. The lowest BCUT2D eigenvalue weighted by molar-refractivity contribution is 0.0578. The summed E-state index contributed by atoms with van der Waals surface area (Å²) in [6, 6.07) is 4.22. The molecule has 0 aromatic carbocycles. The Morgan fingerprint density at radius 3 is 2.68 bits per heavy atom. The summed E-state index contributed by atoms with van der Waals surface area (Å²) in [6.45, 7) is 7.95. The van der Waals surface area contributed by atoms with E-state index in [9.17, 15) is 4.79 Å². The summed E-state index contributed by atoms with van der Waals surface area (Å²) in [5, 5.41) is 0. The Balaban J connectivity index is 1.98. The smallest absolute Gasteiger partial charge is 0.256 e. The fraction of sp³-hybridized carbons (Fsp3) is 0.571. The first-order valence-corrected chi connectivity index (χ1v) is 7.56. The van der Waals surface area contributed by atoms with Crippen molar-refractivity contribution in [3.05, 3.63) is 28.5 Å². The highest BCUT2D eigenvalue weighted by Gasteiger charge is 2.25. The first-order chi connectivity index (χ1) is 9.13. The molecule has 1 atom stereocenters. The SMILES string of the molecule is CCC(C)N1CCN(C(=O)c2cccnc2Br)CC1. The fourth-order valence-corrected chi connectivity index (χ4v) is 2.76. The highest BCUT2D eigenvalue weighted by molar-refractivity contribution is 9.10. The number of amides is 1. The molecule has 1 aromatic rings. The van der Waals surface area contributed by atoms with Crippen LogP contribution in [-0.4, -0.2) is 52.9 Å². The minimum Gasteiger partial charge on any atom is -0.336 e. The third-order valence-corrected chi connectivity index (χ3v) is 4.44. The van der Waals surface area contributed by atoms with Gasteiger partial charge in [-0.2, -0.15) is 0 Å². The van der Waals surface area contributed by atoms with Crippen LogP contribution in [0.4, 0.5) is 0 Å². The molecule has 0 N–H and O–H groups in total. The van der Waals surface area contributed by atoms with E-state index in [0.29, 0.717) is 16.2 Å². The fourth-order valence-electron chi connectivity index (χ4n) is 2.34. The molecule has 1 aromatic heterocycles. The Bertz CT molecular complexity index is 444. The number of carbonyl (C=O) groups is 1. The number of hydrogen-bond donors (Lipinski definition) is 0. The molecule has 2 heterocycles. The van der Waals surface area contributed by atoms with Gasteiger partial charge in [0, 0.05) is 38.4 Å². The Hall–Kier alpha value is -0.940. The van der Waals surface area contributed by atoms with Gasteiger partial charge in [0.15, 0.2) is 0 Å². The lowest BCUT2D eigenvalue weighted by atomic mass is 10.1. The van der Waals surface area contributed by atoms with Crippen molar-refractivity contribution in [1.82, 2.24) is 14.8 Å². The maximum Gasteiger partial charge on any atom is 0.256 e. The monoisotopic (exact) mass is 325 g/mol. The average molecular weight is 326 g/mol. The second-order valence-electron chi connectivity index (χ2n) is 4.93. The number of nitrogens with zero attached hydrogens (tertiary/aromatic N) is 3. The minimum absolute atomic E-state index is 0.0729. The topological polar surface area (TPSA) is 36.4 Å². The van der Waals surface area contributed by atoms with Crippen LogP contribution in [0.2, 0.25) is 0 Å². The molecule has 1 aliphatic heterocycles. The molecule has 1 amide bonds. The van der Waals surface area contributed by atoms with E-state index in [4.69, 9.17) is 0 Å². The van der Waals surface area contributed by atoms with E-state index >= 15 is 0 Å². The summed E-state index contributed by atoms with van der Waals surface area (Å²) >= 11 is 3.34. The molecule has 1 aliphatic rings. The molecule has 0 spiro atoms. The van der Waals surface area contributed by atoms with Gasteiger partial charge in [0.25, 0.3) is 5.91 Å². The summed E-state index contributed by atoms with van der Waals surface area (Å²) in [6.07, 6.45) is 2.84. The molecule has 0 radical (unpaired) electrons. The van der Waals surface area contributed by atoms with Crippen molar-refractivity contribution < 1.29 is 4.79 Å². The van der Waals surface area contributed by atoms with Crippen LogP contribution in [0.5, 0.6) is 0 Å². The Labute approximate surface area is 122 Å². The molecule has 104 valence electrons. The van der Waals surface area contributed by atoms with Gasteiger partial charge in [-0.05, 0) is 41.4 Å². The van der Waals surface area contributed by atoms with Crippen LogP contribution in [0.1, 0.15) is 30.6 Å². The van der Waals surface area contributed by atoms with Crippen LogP contribution in [-0.2, 0) is 0 Å². The zero-order valence-corrected chi connectivity index (χ0v) is 13.1. The Kier molecular flexibility index (Phi) is 4.93. The zero-order chi connectivity index (χ0) is 13.8. The van der Waals surface area contributed by atoms with Gasteiger partial charge in [-0.25, -0.2) is 4.98 Å². The van der Waals surface area contributed by atoms with Crippen LogP contribution < -0.4 is 0 Å². The Morgan fingerprint density at radius 1 is 1.42 bits per heavy atom. The van der Waals surface area contributed by atoms with E-state index < -0.39 is 0 Å². The molecule has 1 fully saturated rings. The second-order valence-corrected chi connectivity index (χ2v) is 5.68. The lowest BCUT2D eigenvalue weighted by Crippen LogP contribution is -2.51. The van der Waals surface area contributed by atoms with Crippen molar-refractivity contribution in [2.45, 2.75) is 26.3 Å². The average Bonchev–Trinajstić information content (AvgIpc) is 2.46. The molecule has 4 nitrogen and oxygen atoms in total. The molecule has 0 aliphatic carbocycles. The van der Waals surface area contributed by atoms with Crippen molar-refractivity contribution in [2.75, 3.05) is 26.2 Å². The van der Waals surface area contributed by atoms with Crippen molar-refractivity contribution in [1.29, 1.82) is 0 Å². The summed E-state index contributed by atoms with van der Waals surface area (Å²) in [5.41, 5.74) is 0.652. The predicted octanol–water partition coefficient (Wildman–Crippen LogP) is 2.40. The third-order valence-electron chi connectivity index (χ3n) is 3.81. The zero-order valence-electron chi connectivity index (χ0n) is 11.5. The van der Waals surface area contributed by atoms with E-state index in [1.807, 2.05) is 11.0 Å². The van der Waals surface area contributed by atoms with Crippen molar-refractivity contribution in [3.8, 4) is 0 Å². The molecule has 0 saturated carbocycles. The van der Waals surface area contributed by atoms with Gasteiger partial charge in [-0.3, -0.25) is 9.69 Å². The summed E-state index contributed by atoms with van der Waals surface area (Å²) in [7, 11) is 0. The summed E-state index contributed by atoms with van der Waals surface area (Å²) in [5.74, 6) is 0.0729. The van der Waals surface area contributed by atoms with E-state index in [1.54, 1.807) is 12.3 Å². The van der Waals surface area contributed by atoms with E-state index in [-0.39, 0.29) is 5.91 Å². The Morgan fingerprint density at radius 2 is 2.11 bits per heavy atom. The number of halogens is 1. The lowest BCUT2D eigenvalue weighted by Gasteiger charge is -2.37. The molecule has 0 bridgehead atoms. The van der Waals surface area contributed by atoms with Crippen molar-refractivity contribution >= 4 is 21.8 Å². The maximum absolute atomic E-state index is 12.4. The van der Waals surface area contributed by atoms with Gasteiger partial charge in [-0.15, -0.1) is 0 Å². The summed E-state index contributed by atoms with van der Waals surface area (Å²) in [4.78, 5) is 20.9. The number of carbonyl (C=O) groups excluding carboxylic acids is 1. The molecule has 1 saturated heterocycles. The molecule has 5 heteroatoms. The molecule has 1 unspecified atom stereocenters. The number of piperazine rings is 1. The summed E-state index contributed by atoms with van der Waals surface area (Å²) < 4.78 is 0.629. The van der Waals surface area contributed by atoms with Crippen LogP contribution >= 0.6 is 15.9 Å². The molecular weight excluding hydrogens is 306 g/mol. The maximum atomic E-state index is 12.4. The highest BCUT2D eigenvalue weighted by atomic mass is 79.9. The van der Waals surface area contributed by atoms with Gasteiger partial charge in [0.1, 0.15) is 4.60 Å². The van der Waals surface area contributed by atoms with E-state index in [0.717, 1.165) is 32.6 Å². The van der Waals surface area contributed by atoms with E-state index in [1.165, 1.54) is 0 Å². The van der Waals surface area contributed by atoms with Gasteiger partial charge in [0.2, 0.25) is 0 Å². The molecular formula is C14H20BrN3O. The first-order valence-electron chi connectivity index (χ1n) is 6.77. The quantitative estimate of drug-likeness (QED) is 0.801. The van der Waals surface area contributed by atoms with Crippen LogP contribution in [0.15, 0.2) is 22.9 Å². The van der Waals surface area contributed by atoms with Crippen LogP contribution in [0.3, 0.4) is 0 Å². The largest absolute Gasteiger partial charge is 0.336 e. The van der Waals surface area contributed by atoms with Crippen LogP contribution in [0.25, 0.3) is 0 Å². The number of pyridine rings is 1. The number of rotatable bonds is 3. The molecule has 2 rings (SSSR count). The number of hydrogen-bond acceptors (Lipinski definition) is 3. The van der Waals surface area contributed by atoms with Gasteiger partial charge >= 0.3 is 0 Å². The first kappa shape index (κ1) is 14.5. The van der Waals surface area contributed by atoms with Crippen LogP contribution in [0, 0.1) is 0 Å². The van der Waals surface area contributed by atoms with E-state index in [2.05, 4.69) is 39.7 Å². The third kappa shape index (κ3) is 3.34. The van der Waals surface area contributed by atoms with Gasteiger partial charge < -0.3 is 4.90 Å². The highest BCUT2D eigenvalue weighted by Crippen LogP contribution is 2.17. The molecule has 19 heavy (non-hydrogen) atoms. The predicted molar refractivity (Wildman–Crippen MR) is 79.2 cm³/mol. The van der Waals surface area contributed by atoms with Crippen molar-refractivity contribution in [3.63, 3.8) is 0 Å². The van der Waals surface area contributed by atoms with Crippen molar-refractivity contribution in [2.24, 2.45) is 0 Å². The van der Waals surface area contributed by atoms with Gasteiger partial charge in [-0.1, -0.05) is 6.92 Å². The number of aromatic nitrogens is 1. The normalized spacial score (nSPS) is 18.4. The van der Waals surface area contributed by atoms with Gasteiger partial charge in [0.05, 0.1) is 5.56 Å². The standard InChI is InChI=1S/C14H20BrN3O/c1-3-11(2)17-7-9-18(10-8-17)14(19)12-5-4-6-16-13(12)15/h4-6,11H,3,7-10H2,1-2H3. The minimum atomic E-state index is 0.0729.